The Balaban J connectivity index is 0. The summed E-state index contributed by atoms with van der Waals surface area (Å²) in [6.07, 6.45) is 3.07. The Morgan fingerprint density at radius 3 is 2.21 bits per heavy atom. The summed E-state index contributed by atoms with van der Waals surface area (Å²) in [7, 11) is 0. The molecule has 0 bridgehead atoms. The third-order valence-electron chi connectivity index (χ3n) is 3.63. The van der Waals surface area contributed by atoms with Crippen LogP contribution in [0.15, 0.2) is 18.2 Å². The number of nitrogens with one attached hydrogen (secondary N) is 2. The molecule has 0 spiro atoms. The number of hydrogen-bond donors (Lipinski definition) is 3. The zero-order valence-electron chi connectivity index (χ0n) is 19.3. The van der Waals surface area contributed by atoms with E-state index in [1.165, 1.54) is 17.5 Å². The van der Waals surface area contributed by atoms with Gasteiger partial charge in [0.2, 0.25) is 6.41 Å². The van der Waals surface area contributed by atoms with E-state index in [0.29, 0.717) is 5.75 Å². The van der Waals surface area contributed by atoms with E-state index < -0.39 is 0 Å². The number of likely N-dealkylation sites (N-methyl/N-ethyl adjacent to an activating group) is 1. The summed E-state index contributed by atoms with van der Waals surface area (Å²) in [5.74, 6) is 1.20. The summed E-state index contributed by atoms with van der Waals surface area (Å²) >= 11 is 0. The van der Waals surface area contributed by atoms with Crippen molar-refractivity contribution in [2.24, 2.45) is 5.92 Å². The number of phenols is 1. The van der Waals surface area contributed by atoms with Crippen molar-refractivity contribution < 1.29 is 9.90 Å². The van der Waals surface area contributed by atoms with Crippen LogP contribution in [0, 0.1) is 5.92 Å². The van der Waals surface area contributed by atoms with Crippen molar-refractivity contribution in [2.75, 3.05) is 32.7 Å². The van der Waals surface area contributed by atoms with Crippen LogP contribution in [0.5, 0.6) is 5.75 Å². The molecule has 5 heteroatoms. The fraction of sp³-hybridized carbons (Fsp3) is 0.696. The van der Waals surface area contributed by atoms with E-state index in [-0.39, 0.29) is 0 Å². The van der Waals surface area contributed by atoms with Gasteiger partial charge in [-0.25, -0.2) is 0 Å². The summed E-state index contributed by atoms with van der Waals surface area (Å²) < 4.78 is 0. The molecule has 3 N–H and O–H groups in total. The second-order valence-corrected chi connectivity index (χ2v) is 7.42. The lowest BCUT2D eigenvalue weighted by Gasteiger charge is -2.16. The van der Waals surface area contributed by atoms with Crippen molar-refractivity contribution >= 4 is 6.41 Å². The molecule has 0 unspecified atom stereocenters. The third kappa shape index (κ3) is 17.8. The normalized spacial score (nSPS) is 11.8. The number of hydrogen-bond acceptors (Lipinski definition) is 4. The van der Waals surface area contributed by atoms with Crippen LogP contribution in [0.2, 0.25) is 0 Å². The lowest BCUT2D eigenvalue weighted by Crippen LogP contribution is -2.31. The monoisotopic (exact) mass is 395 g/mol. The zero-order chi connectivity index (χ0) is 21.8. The summed E-state index contributed by atoms with van der Waals surface area (Å²) in [5, 5.41) is 15.0. The van der Waals surface area contributed by atoms with Gasteiger partial charge in [-0.3, -0.25) is 4.79 Å². The highest BCUT2D eigenvalue weighted by Crippen LogP contribution is 2.18. The van der Waals surface area contributed by atoms with Crippen LogP contribution in [-0.4, -0.2) is 49.1 Å². The van der Waals surface area contributed by atoms with Gasteiger partial charge in [0.15, 0.2) is 0 Å². The Hall–Kier alpha value is -1.59. The van der Waals surface area contributed by atoms with Crippen LogP contribution < -0.4 is 10.6 Å². The molecule has 1 heterocycles. The molecule has 0 saturated heterocycles. The lowest BCUT2D eigenvalue weighted by atomic mass is 10.0. The second kappa shape index (κ2) is 20.2. The van der Waals surface area contributed by atoms with E-state index >= 15 is 0 Å². The van der Waals surface area contributed by atoms with Crippen LogP contribution in [-0.2, 0) is 17.8 Å². The molecule has 1 amide bonds. The highest BCUT2D eigenvalue weighted by Gasteiger charge is 2.07. The maximum Gasteiger partial charge on any atom is 0.207 e. The molecule has 1 aromatic carbocycles. The van der Waals surface area contributed by atoms with E-state index in [0.717, 1.165) is 58.0 Å². The molecule has 0 atom stereocenters. The van der Waals surface area contributed by atoms with Crippen LogP contribution in [0.25, 0.3) is 0 Å². The molecular formula is C23H45N3O2. The van der Waals surface area contributed by atoms with E-state index in [1.807, 2.05) is 12.1 Å². The Labute approximate surface area is 173 Å². The summed E-state index contributed by atoms with van der Waals surface area (Å²) in [5.41, 5.74) is 2.60. The fourth-order valence-electron chi connectivity index (χ4n) is 2.29. The Kier molecular flexibility index (Phi) is 20.6. The zero-order valence-corrected chi connectivity index (χ0v) is 19.3. The smallest absolute Gasteiger partial charge is 0.207 e. The van der Waals surface area contributed by atoms with Crippen LogP contribution in [0.1, 0.15) is 66.0 Å². The van der Waals surface area contributed by atoms with Gasteiger partial charge in [-0.15, -0.1) is 0 Å². The predicted molar refractivity (Wildman–Crippen MR) is 122 cm³/mol. The average molecular weight is 396 g/mol. The summed E-state index contributed by atoms with van der Waals surface area (Å²) in [6, 6.07) is 5.59. The maximum absolute atomic E-state index is 9.83. The van der Waals surface area contributed by atoms with Gasteiger partial charge in [0.1, 0.15) is 5.75 Å². The third-order valence-corrected chi connectivity index (χ3v) is 3.63. The van der Waals surface area contributed by atoms with Gasteiger partial charge in [0, 0.05) is 19.6 Å². The van der Waals surface area contributed by atoms with Gasteiger partial charge in [0.25, 0.3) is 0 Å². The highest BCUT2D eigenvalue weighted by molar-refractivity contribution is 5.45. The standard InChI is InChI=1S/C9H11NO.C7H16N2O.C4H10.C3H8/c11-9-2-1-7-3-4-10-6-8(7)5-9;1-3-9(4-2)6-5-8-7-10;1-4(2)3;1-3-2/h1-2,5,10-11H,3-4,6H2;7H,3-6H2,1-2H3,(H,8,10);4H,1-3H3;3H2,1-2H3. The Bertz CT molecular complexity index is 472. The van der Waals surface area contributed by atoms with Gasteiger partial charge in [0.05, 0.1) is 0 Å². The minimum Gasteiger partial charge on any atom is -0.508 e. The molecule has 1 aliphatic rings. The highest BCUT2D eigenvalue weighted by atomic mass is 16.3. The SMILES string of the molecule is CC(C)C.CCC.CCN(CC)CCNC=O.Oc1ccc2c(c1)CNCC2. The van der Waals surface area contributed by atoms with E-state index in [2.05, 4.69) is 64.0 Å². The number of aromatic hydroxyl groups is 1. The molecule has 5 nitrogen and oxygen atoms in total. The largest absolute Gasteiger partial charge is 0.508 e. The molecular weight excluding hydrogens is 350 g/mol. The molecule has 0 radical (unpaired) electrons. The average Bonchev–Trinajstić information content (AvgIpc) is 2.66. The van der Waals surface area contributed by atoms with E-state index in [9.17, 15) is 4.79 Å². The first-order valence-electron chi connectivity index (χ1n) is 10.8. The lowest BCUT2D eigenvalue weighted by molar-refractivity contribution is -0.109. The second-order valence-electron chi connectivity index (χ2n) is 7.42. The quantitative estimate of drug-likeness (QED) is 0.499. The van der Waals surface area contributed by atoms with E-state index in [1.54, 1.807) is 6.07 Å². The maximum atomic E-state index is 9.83. The summed E-state index contributed by atoms with van der Waals surface area (Å²) in [4.78, 5) is 12.1. The predicted octanol–water partition coefficient (Wildman–Crippen LogP) is 4.19. The van der Waals surface area contributed by atoms with Gasteiger partial charge < -0.3 is 20.6 Å². The van der Waals surface area contributed by atoms with Gasteiger partial charge in [-0.05, 0) is 55.2 Å². The van der Waals surface area contributed by atoms with Gasteiger partial charge in [-0.2, -0.15) is 0 Å². The summed E-state index contributed by atoms with van der Waals surface area (Å²) in [6.45, 7) is 20.7. The molecule has 2 rings (SSSR count). The number of carbonyl (C=O) groups is 1. The first-order valence-corrected chi connectivity index (χ1v) is 10.8. The van der Waals surface area contributed by atoms with Crippen molar-refractivity contribution in [1.29, 1.82) is 0 Å². The molecule has 0 saturated carbocycles. The Morgan fingerprint density at radius 2 is 1.71 bits per heavy atom. The van der Waals surface area contributed by atoms with Crippen molar-refractivity contribution in [2.45, 2.75) is 67.9 Å². The van der Waals surface area contributed by atoms with Crippen LogP contribution in [0.4, 0.5) is 0 Å². The topological polar surface area (TPSA) is 64.6 Å². The molecule has 1 aromatic rings. The Morgan fingerprint density at radius 1 is 1.14 bits per heavy atom. The fourth-order valence-corrected chi connectivity index (χ4v) is 2.29. The minimum absolute atomic E-state index is 0.368. The number of amides is 1. The number of phenolic OH excluding ortho intramolecular Hbond substituents is 1. The van der Waals surface area contributed by atoms with Gasteiger partial charge in [-0.1, -0.05) is 61.0 Å². The number of nitrogens with zero attached hydrogens (tertiary/aromatic N) is 1. The number of carbonyl (C=O) groups excluding carboxylic acids is 1. The van der Waals surface area contributed by atoms with Crippen LogP contribution >= 0.6 is 0 Å². The molecule has 0 aliphatic carbocycles. The first kappa shape index (κ1) is 28.6. The molecule has 28 heavy (non-hydrogen) atoms. The van der Waals surface area contributed by atoms with E-state index in [4.69, 9.17) is 5.11 Å². The number of benzene rings is 1. The number of fused-ring (bicyclic) bond motifs is 1. The molecule has 0 fully saturated rings. The van der Waals surface area contributed by atoms with Crippen molar-refractivity contribution in [3.8, 4) is 5.75 Å². The van der Waals surface area contributed by atoms with Crippen molar-refractivity contribution in [1.82, 2.24) is 15.5 Å². The molecule has 0 aromatic heterocycles. The first-order chi connectivity index (χ1) is 13.4. The van der Waals surface area contributed by atoms with Crippen molar-refractivity contribution in [3.63, 3.8) is 0 Å². The van der Waals surface area contributed by atoms with Gasteiger partial charge >= 0.3 is 0 Å². The molecule has 164 valence electrons. The molecule has 1 aliphatic heterocycles. The van der Waals surface area contributed by atoms with Crippen molar-refractivity contribution in [3.05, 3.63) is 29.3 Å². The number of rotatable bonds is 6. The van der Waals surface area contributed by atoms with Crippen LogP contribution in [0.3, 0.4) is 0 Å². The minimum atomic E-state index is 0.368.